The standard InChI is InChI=1S/C18H30N2/c1-5-15(4)20-12-11-17(19-14(2)3)13-18(20)16-9-7-6-8-10-16/h6-10,14-15,17-19H,5,11-13H2,1-4H3. The summed E-state index contributed by atoms with van der Waals surface area (Å²) in [5, 5.41) is 3.73. The number of piperidine rings is 1. The number of benzene rings is 1. The van der Waals surface area contributed by atoms with Gasteiger partial charge in [-0.05, 0) is 31.7 Å². The smallest absolute Gasteiger partial charge is 0.0365 e. The summed E-state index contributed by atoms with van der Waals surface area (Å²) < 4.78 is 0. The normalized spacial score (nSPS) is 25.9. The summed E-state index contributed by atoms with van der Waals surface area (Å²) in [5.41, 5.74) is 1.48. The fourth-order valence-electron chi connectivity index (χ4n) is 3.37. The van der Waals surface area contributed by atoms with Crippen molar-refractivity contribution in [2.24, 2.45) is 0 Å². The predicted octanol–water partition coefficient (Wildman–Crippen LogP) is 3.99. The number of rotatable bonds is 5. The van der Waals surface area contributed by atoms with Crippen LogP contribution in [0, 0.1) is 0 Å². The Balaban J connectivity index is 2.15. The van der Waals surface area contributed by atoms with Gasteiger partial charge in [-0.25, -0.2) is 0 Å². The molecule has 1 heterocycles. The molecule has 1 saturated heterocycles. The van der Waals surface area contributed by atoms with Crippen LogP contribution in [0.4, 0.5) is 0 Å². The van der Waals surface area contributed by atoms with E-state index < -0.39 is 0 Å². The highest BCUT2D eigenvalue weighted by Gasteiger charge is 2.31. The Bertz CT molecular complexity index is 388. The van der Waals surface area contributed by atoms with E-state index >= 15 is 0 Å². The third-order valence-electron chi connectivity index (χ3n) is 4.55. The zero-order valence-corrected chi connectivity index (χ0v) is 13.5. The molecular formula is C18H30N2. The van der Waals surface area contributed by atoms with E-state index in [1.807, 2.05) is 0 Å². The number of hydrogen-bond donors (Lipinski definition) is 1. The fourth-order valence-corrected chi connectivity index (χ4v) is 3.37. The van der Waals surface area contributed by atoms with Crippen LogP contribution in [0.1, 0.15) is 58.6 Å². The van der Waals surface area contributed by atoms with Gasteiger partial charge in [0.25, 0.3) is 0 Å². The van der Waals surface area contributed by atoms with E-state index in [2.05, 4.69) is 68.2 Å². The quantitative estimate of drug-likeness (QED) is 0.873. The maximum absolute atomic E-state index is 3.73. The lowest BCUT2D eigenvalue weighted by Gasteiger charge is -2.43. The molecule has 112 valence electrons. The maximum Gasteiger partial charge on any atom is 0.0365 e. The third kappa shape index (κ3) is 3.83. The SMILES string of the molecule is CCC(C)N1CCC(NC(C)C)CC1c1ccccc1. The molecule has 1 N–H and O–H groups in total. The lowest BCUT2D eigenvalue weighted by molar-refractivity contribution is 0.0809. The van der Waals surface area contributed by atoms with E-state index in [1.165, 1.54) is 31.4 Å². The lowest BCUT2D eigenvalue weighted by atomic mass is 9.90. The molecule has 0 spiro atoms. The van der Waals surface area contributed by atoms with E-state index in [-0.39, 0.29) is 0 Å². The van der Waals surface area contributed by atoms with Gasteiger partial charge in [-0.15, -0.1) is 0 Å². The number of likely N-dealkylation sites (tertiary alicyclic amines) is 1. The number of nitrogens with one attached hydrogen (secondary N) is 1. The Morgan fingerprint density at radius 3 is 2.50 bits per heavy atom. The van der Waals surface area contributed by atoms with Gasteiger partial charge in [0.1, 0.15) is 0 Å². The predicted molar refractivity (Wildman–Crippen MR) is 86.9 cm³/mol. The largest absolute Gasteiger partial charge is 0.312 e. The van der Waals surface area contributed by atoms with Crippen LogP contribution >= 0.6 is 0 Å². The summed E-state index contributed by atoms with van der Waals surface area (Å²) in [6.45, 7) is 10.4. The van der Waals surface area contributed by atoms with Crippen LogP contribution in [0.2, 0.25) is 0 Å². The fraction of sp³-hybridized carbons (Fsp3) is 0.667. The Morgan fingerprint density at radius 2 is 1.90 bits per heavy atom. The summed E-state index contributed by atoms with van der Waals surface area (Å²) >= 11 is 0. The summed E-state index contributed by atoms with van der Waals surface area (Å²) in [5.74, 6) is 0. The average Bonchev–Trinajstić information content (AvgIpc) is 2.46. The van der Waals surface area contributed by atoms with Gasteiger partial charge in [0.15, 0.2) is 0 Å². The van der Waals surface area contributed by atoms with E-state index in [0.29, 0.717) is 24.2 Å². The summed E-state index contributed by atoms with van der Waals surface area (Å²) in [6, 6.07) is 13.5. The van der Waals surface area contributed by atoms with Gasteiger partial charge in [-0.3, -0.25) is 4.90 Å². The van der Waals surface area contributed by atoms with E-state index in [0.717, 1.165) is 0 Å². The molecule has 1 aromatic rings. The van der Waals surface area contributed by atoms with Gasteiger partial charge in [0, 0.05) is 30.7 Å². The lowest BCUT2D eigenvalue weighted by Crippen LogP contribution is -2.48. The Labute approximate surface area is 124 Å². The van der Waals surface area contributed by atoms with E-state index in [4.69, 9.17) is 0 Å². The van der Waals surface area contributed by atoms with Gasteiger partial charge >= 0.3 is 0 Å². The van der Waals surface area contributed by atoms with Crippen LogP contribution in [0.15, 0.2) is 30.3 Å². The second-order valence-electron chi connectivity index (χ2n) is 6.46. The van der Waals surface area contributed by atoms with Crippen LogP contribution in [0.25, 0.3) is 0 Å². The molecular weight excluding hydrogens is 244 g/mol. The molecule has 0 amide bonds. The zero-order valence-electron chi connectivity index (χ0n) is 13.5. The summed E-state index contributed by atoms with van der Waals surface area (Å²) in [4.78, 5) is 2.70. The molecule has 0 aromatic heterocycles. The molecule has 2 rings (SSSR count). The Hall–Kier alpha value is -0.860. The molecule has 1 aromatic carbocycles. The van der Waals surface area contributed by atoms with Gasteiger partial charge in [-0.1, -0.05) is 51.1 Å². The van der Waals surface area contributed by atoms with Crippen molar-refractivity contribution in [2.45, 2.75) is 71.1 Å². The molecule has 1 aliphatic heterocycles. The molecule has 3 unspecified atom stereocenters. The van der Waals surface area contributed by atoms with Crippen molar-refractivity contribution in [3.8, 4) is 0 Å². The Kier molecular flexibility index (Phi) is 5.62. The number of hydrogen-bond acceptors (Lipinski definition) is 2. The topological polar surface area (TPSA) is 15.3 Å². The first kappa shape index (κ1) is 15.5. The first-order valence-electron chi connectivity index (χ1n) is 8.18. The van der Waals surface area contributed by atoms with Crippen molar-refractivity contribution in [2.75, 3.05) is 6.54 Å². The average molecular weight is 274 g/mol. The van der Waals surface area contributed by atoms with E-state index in [9.17, 15) is 0 Å². The highest BCUT2D eigenvalue weighted by Crippen LogP contribution is 2.33. The van der Waals surface area contributed by atoms with Crippen molar-refractivity contribution in [3.63, 3.8) is 0 Å². The molecule has 0 saturated carbocycles. The zero-order chi connectivity index (χ0) is 14.5. The van der Waals surface area contributed by atoms with Crippen molar-refractivity contribution in [3.05, 3.63) is 35.9 Å². The van der Waals surface area contributed by atoms with Crippen LogP contribution in [-0.4, -0.2) is 29.6 Å². The molecule has 0 bridgehead atoms. The van der Waals surface area contributed by atoms with E-state index in [1.54, 1.807) is 0 Å². The first-order valence-corrected chi connectivity index (χ1v) is 8.18. The van der Waals surface area contributed by atoms with Crippen molar-refractivity contribution >= 4 is 0 Å². The van der Waals surface area contributed by atoms with Crippen molar-refractivity contribution in [1.82, 2.24) is 10.2 Å². The molecule has 1 aliphatic rings. The first-order chi connectivity index (χ1) is 9.61. The highest BCUT2D eigenvalue weighted by molar-refractivity contribution is 5.20. The summed E-state index contributed by atoms with van der Waals surface area (Å²) in [7, 11) is 0. The highest BCUT2D eigenvalue weighted by atomic mass is 15.2. The molecule has 20 heavy (non-hydrogen) atoms. The molecule has 2 heteroatoms. The van der Waals surface area contributed by atoms with Gasteiger partial charge in [-0.2, -0.15) is 0 Å². The second kappa shape index (κ2) is 7.24. The Morgan fingerprint density at radius 1 is 1.20 bits per heavy atom. The van der Waals surface area contributed by atoms with Crippen LogP contribution in [-0.2, 0) is 0 Å². The van der Waals surface area contributed by atoms with Gasteiger partial charge in [0.2, 0.25) is 0 Å². The maximum atomic E-state index is 3.73. The van der Waals surface area contributed by atoms with Crippen LogP contribution in [0.3, 0.4) is 0 Å². The minimum absolute atomic E-state index is 0.566. The molecule has 3 atom stereocenters. The molecule has 2 nitrogen and oxygen atoms in total. The third-order valence-corrected chi connectivity index (χ3v) is 4.55. The van der Waals surface area contributed by atoms with Gasteiger partial charge in [0.05, 0.1) is 0 Å². The molecule has 0 radical (unpaired) electrons. The minimum atomic E-state index is 0.566. The monoisotopic (exact) mass is 274 g/mol. The minimum Gasteiger partial charge on any atom is -0.312 e. The summed E-state index contributed by atoms with van der Waals surface area (Å²) in [6.07, 6.45) is 3.73. The molecule has 1 fully saturated rings. The van der Waals surface area contributed by atoms with Crippen LogP contribution < -0.4 is 5.32 Å². The molecule has 0 aliphatic carbocycles. The van der Waals surface area contributed by atoms with Crippen molar-refractivity contribution < 1.29 is 0 Å². The van der Waals surface area contributed by atoms with Crippen LogP contribution in [0.5, 0.6) is 0 Å². The number of nitrogens with zero attached hydrogens (tertiary/aromatic N) is 1. The second-order valence-corrected chi connectivity index (χ2v) is 6.46. The van der Waals surface area contributed by atoms with Gasteiger partial charge < -0.3 is 5.32 Å². The van der Waals surface area contributed by atoms with Crippen molar-refractivity contribution in [1.29, 1.82) is 0 Å².